The number of hydrogen-bond acceptors (Lipinski definition) is 1. The van der Waals surface area contributed by atoms with E-state index in [0.29, 0.717) is 11.1 Å². The first-order chi connectivity index (χ1) is 11.5. The molecule has 0 aliphatic heterocycles. The van der Waals surface area contributed by atoms with Crippen molar-refractivity contribution < 1.29 is 13.6 Å². The molecule has 0 atom stereocenters. The molecule has 24 heavy (non-hydrogen) atoms. The molecule has 0 fully saturated rings. The van der Waals surface area contributed by atoms with E-state index < -0.39 is 5.41 Å². The summed E-state index contributed by atoms with van der Waals surface area (Å²) in [7, 11) is 0. The van der Waals surface area contributed by atoms with Gasteiger partial charge in [0.1, 0.15) is 22.8 Å². The van der Waals surface area contributed by atoms with Crippen molar-refractivity contribution in [2.45, 2.75) is 12.3 Å². The lowest BCUT2D eigenvalue weighted by Crippen LogP contribution is -2.37. The Morgan fingerprint density at radius 1 is 0.667 bits per heavy atom. The highest BCUT2D eigenvalue weighted by Crippen LogP contribution is 2.40. The second-order valence-electron chi connectivity index (χ2n) is 5.69. The summed E-state index contributed by atoms with van der Waals surface area (Å²) in [6.45, 7) is 1.50. The quantitative estimate of drug-likeness (QED) is 0.625. The molecule has 3 aromatic rings. The van der Waals surface area contributed by atoms with Gasteiger partial charge in [0.05, 0.1) is 0 Å². The van der Waals surface area contributed by atoms with Crippen molar-refractivity contribution in [1.82, 2.24) is 0 Å². The molecule has 0 spiro atoms. The molecule has 0 heterocycles. The van der Waals surface area contributed by atoms with Crippen LogP contribution in [0.3, 0.4) is 0 Å². The molecule has 120 valence electrons. The summed E-state index contributed by atoms with van der Waals surface area (Å²) in [5.74, 6) is -0.862. The standard InChI is InChI=1S/C21H16F2O/c1-15(24)21(16-5-3-2-4-6-16,17-7-11-19(22)12-8-17)18-9-13-20(23)14-10-18/h2-14H,1H3. The molecule has 3 heteroatoms. The van der Waals surface area contributed by atoms with E-state index in [0.717, 1.165) is 5.56 Å². The summed E-state index contributed by atoms with van der Waals surface area (Å²) >= 11 is 0. The lowest BCUT2D eigenvalue weighted by molar-refractivity contribution is -0.119. The topological polar surface area (TPSA) is 17.1 Å². The van der Waals surface area contributed by atoms with Crippen molar-refractivity contribution in [1.29, 1.82) is 0 Å². The maximum Gasteiger partial charge on any atom is 0.149 e. The van der Waals surface area contributed by atoms with E-state index in [4.69, 9.17) is 0 Å². The molecule has 0 saturated heterocycles. The molecule has 0 amide bonds. The summed E-state index contributed by atoms with van der Waals surface area (Å²) in [5, 5.41) is 0. The third-order valence-corrected chi connectivity index (χ3v) is 4.29. The molecule has 0 radical (unpaired) electrons. The highest BCUT2D eigenvalue weighted by atomic mass is 19.1. The van der Waals surface area contributed by atoms with Crippen LogP contribution in [0.1, 0.15) is 23.6 Å². The van der Waals surface area contributed by atoms with Gasteiger partial charge in [-0.25, -0.2) is 8.78 Å². The minimum atomic E-state index is -1.11. The number of carbonyl (C=O) groups excluding carboxylic acids is 1. The van der Waals surface area contributed by atoms with Crippen molar-refractivity contribution in [3.63, 3.8) is 0 Å². The van der Waals surface area contributed by atoms with E-state index in [1.165, 1.54) is 31.2 Å². The van der Waals surface area contributed by atoms with Crippen LogP contribution in [0.25, 0.3) is 0 Å². The molecule has 0 unspecified atom stereocenters. The third kappa shape index (κ3) is 2.62. The SMILES string of the molecule is CC(=O)C(c1ccccc1)(c1ccc(F)cc1)c1ccc(F)cc1. The van der Waals surface area contributed by atoms with Crippen molar-refractivity contribution in [2.75, 3.05) is 0 Å². The first-order valence-electron chi connectivity index (χ1n) is 7.64. The Labute approximate surface area is 139 Å². The number of halogens is 2. The van der Waals surface area contributed by atoms with Gasteiger partial charge in [-0.15, -0.1) is 0 Å². The highest BCUT2D eigenvalue weighted by molar-refractivity contribution is 5.96. The maximum atomic E-state index is 13.4. The summed E-state index contributed by atoms with van der Waals surface area (Å²) < 4.78 is 26.8. The van der Waals surface area contributed by atoms with E-state index in [1.807, 2.05) is 30.3 Å². The van der Waals surface area contributed by atoms with Crippen LogP contribution in [0.5, 0.6) is 0 Å². The molecule has 0 aliphatic carbocycles. The van der Waals surface area contributed by atoms with Crippen molar-refractivity contribution >= 4 is 5.78 Å². The third-order valence-electron chi connectivity index (χ3n) is 4.29. The Bertz CT molecular complexity index is 792. The van der Waals surface area contributed by atoms with E-state index in [2.05, 4.69) is 0 Å². The van der Waals surface area contributed by atoms with Gasteiger partial charge in [-0.2, -0.15) is 0 Å². The number of benzene rings is 3. The summed E-state index contributed by atoms with van der Waals surface area (Å²) in [6, 6.07) is 21.0. The number of carbonyl (C=O) groups is 1. The summed E-state index contributed by atoms with van der Waals surface area (Å²) in [6.07, 6.45) is 0. The van der Waals surface area contributed by atoms with Gasteiger partial charge in [0.15, 0.2) is 0 Å². The van der Waals surface area contributed by atoms with Gasteiger partial charge in [-0.1, -0.05) is 54.6 Å². The molecule has 0 aromatic heterocycles. The Hall–Kier alpha value is -2.81. The largest absolute Gasteiger partial charge is 0.298 e. The van der Waals surface area contributed by atoms with Gasteiger partial charge in [0.25, 0.3) is 0 Å². The maximum absolute atomic E-state index is 13.4. The number of hydrogen-bond donors (Lipinski definition) is 0. The molecule has 0 aliphatic rings. The smallest absolute Gasteiger partial charge is 0.149 e. The lowest BCUT2D eigenvalue weighted by atomic mass is 9.67. The lowest BCUT2D eigenvalue weighted by Gasteiger charge is -2.33. The van der Waals surface area contributed by atoms with Crippen molar-refractivity contribution in [2.24, 2.45) is 0 Å². The highest BCUT2D eigenvalue weighted by Gasteiger charge is 2.41. The van der Waals surface area contributed by atoms with Crippen molar-refractivity contribution in [3.05, 3.63) is 107 Å². The fourth-order valence-corrected chi connectivity index (χ4v) is 3.20. The van der Waals surface area contributed by atoms with E-state index >= 15 is 0 Å². The van der Waals surface area contributed by atoms with Crippen LogP contribution < -0.4 is 0 Å². The predicted molar refractivity (Wildman–Crippen MR) is 89.8 cm³/mol. The molecular formula is C21H16F2O. The minimum absolute atomic E-state index is 0.119. The van der Waals surface area contributed by atoms with Crippen molar-refractivity contribution in [3.8, 4) is 0 Å². The monoisotopic (exact) mass is 322 g/mol. The van der Waals surface area contributed by atoms with Gasteiger partial charge < -0.3 is 0 Å². The molecule has 3 aromatic carbocycles. The fraction of sp³-hybridized carbons (Fsp3) is 0.0952. The minimum Gasteiger partial charge on any atom is -0.298 e. The zero-order chi connectivity index (χ0) is 17.2. The average molecular weight is 322 g/mol. The van der Waals surface area contributed by atoms with Crippen LogP contribution in [0.15, 0.2) is 78.9 Å². The van der Waals surface area contributed by atoms with Crippen LogP contribution >= 0.6 is 0 Å². The molecule has 3 rings (SSSR count). The van der Waals surface area contributed by atoms with Crippen LogP contribution in [0.2, 0.25) is 0 Å². The number of ketones is 1. The average Bonchev–Trinajstić information content (AvgIpc) is 2.59. The van der Waals surface area contributed by atoms with Gasteiger partial charge >= 0.3 is 0 Å². The predicted octanol–water partition coefficient (Wildman–Crippen LogP) is 4.89. The van der Waals surface area contributed by atoms with Crippen LogP contribution in [0.4, 0.5) is 8.78 Å². The van der Waals surface area contributed by atoms with Gasteiger partial charge in [0, 0.05) is 0 Å². The molecule has 0 bridgehead atoms. The Balaban J connectivity index is 2.35. The van der Waals surface area contributed by atoms with Gasteiger partial charge in [-0.05, 0) is 47.9 Å². The first-order valence-corrected chi connectivity index (χ1v) is 7.64. The number of Topliss-reactive ketones (excluding diaryl/α,β-unsaturated/α-hetero) is 1. The second-order valence-corrected chi connectivity index (χ2v) is 5.69. The van der Waals surface area contributed by atoms with Crippen LogP contribution in [-0.2, 0) is 10.2 Å². The molecule has 0 saturated carbocycles. The number of rotatable bonds is 4. The zero-order valence-corrected chi connectivity index (χ0v) is 13.2. The second kappa shape index (κ2) is 6.36. The van der Waals surface area contributed by atoms with Crippen LogP contribution in [0, 0.1) is 11.6 Å². The Morgan fingerprint density at radius 3 is 1.42 bits per heavy atom. The van der Waals surface area contributed by atoms with E-state index in [1.54, 1.807) is 24.3 Å². The van der Waals surface area contributed by atoms with Gasteiger partial charge in [0.2, 0.25) is 0 Å². The van der Waals surface area contributed by atoms with Crippen LogP contribution in [-0.4, -0.2) is 5.78 Å². The summed E-state index contributed by atoms with van der Waals surface area (Å²) in [5.41, 5.74) is 0.946. The molecule has 0 N–H and O–H groups in total. The van der Waals surface area contributed by atoms with E-state index in [-0.39, 0.29) is 17.4 Å². The Kier molecular flexibility index (Phi) is 4.26. The zero-order valence-electron chi connectivity index (χ0n) is 13.2. The van der Waals surface area contributed by atoms with E-state index in [9.17, 15) is 13.6 Å². The Morgan fingerprint density at radius 2 is 1.04 bits per heavy atom. The first kappa shape index (κ1) is 16.1. The molecule has 1 nitrogen and oxygen atoms in total. The fourth-order valence-electron chi connectivity index (χ4n) is 3.20. The molecular weight excluding hydrogens is 306 g/mol. The summed E-state index contributed by atoms with van der Waals surface area (Å²) in [4.78, 5) is 12.8. The normalized spacial score (nSPS) is 11.3. The van der Waals surface area contributed by atoms with Gasteiger partial charge in [-0.3, -0.25) is 4.79 Å².